The summed E-state index contributed by atoms with van der Waals surface area (Å²) in [6.45, 7) is 6.44. The summed E-state index contributed by atoms with van der Waals surface area (Å²) in [6, 6.07) is 0. The maximum absolute atomic E-state index is 9.30. The van der Waals surface area contributed by atoms with Crippen LogP contribution in [0.4, 0.5) is 0 Å². The maximum atomic E-state index is 9.30. The summed E-state index contributed by atoms with van der Waals surface area (Å²) in [5, 5.41) is 9.30. The Morgan fingerprint density at radius 2 is 2.09 bits per heavy atom. The fraction of sp³-hybridized carbons (Fsp3) is 1.00. The Morgan fingerprint density at radius 1 is 1.45 bits per heavy atom. The molecule has 2 atom stereocenters. The Labute approximate surface area is 67.3 Å². The average Bonchev–Trinajstić information content (AvgIpc) is 2.12. The first kappa shape index (κ1) is 8.97. The summed E-state index contributed by atoms with van der Waals surface area (Å²) in [6.07, 6.45) is -0.190. The van der Waals surface area contributed by atoms with Gasteiger partial charge in [0, 0.05) is 6.42 Å². The fourth-order valence-corrected chi connectivity index (χ4v) is 1.01. The quantitative estimate of drug-likeness (QED) is 0.619. The van der Waals surface area contributed by atoms with E-state index in [-0.39, 0.29) is 5.60 Å². The van der Waals surface area contributed by atoms with Crippen molar-refractivity contribution in [2.75, 3.05) is 6.61 Å². The largest absolute Gasteiger partial charge is 0.388 e. The lowest BCUT2D eigenvalue weighted by molar-refractivity contribution is -0.201. The van der Waals surface area contributed by atoms with Gasteiger partial charge in [0.1, 0.15) is 6.10 Å². The van der Waals surface area contributed by atoms with Gasteiger partial charge in [-0.2, -0.15) is 0 Å². The SMILES string of the molecule is CC(C)(C)OC1OCCC1O. The monoisotopic (exact) mass is 160 g/mol. The summed E-state index contributed by atoms with van der Waals surface area (Å²) in [5.41, 5.74) is -0.240. The van der Waals surface area contributed by atoms with Crippen LogP contribution in [-0.4, -0.2) is 29.7 Å². The summed E-state index contributed by atoms with van der Waals surface area (Å²) in [5.74, 6) is 0. The minimum absolute atomic E-state index is 0.240. The Morgan fingerprint density at radius 3 is 2.45 bits per heavy atom. The molecule has 1 heterocycles. The third-order valence-electron chi connectivity index (χ3n) is 1.48. The van der Waals surface area contributed by atoms with E-state index in [2.05, 4.69) is 0 Å². The molecule has 1 saturated heterocycles. The van der Waals surface area contributed by atoms with Gasteiger partial charge in [0.25, 0.3) is 0 Å². The normalized spacial score (nSPS) is 32.7. The second-order valence-corrected chi connectivity index (χ2v) is 3.83. The molecule has 0 radical (unpaired) electrons. The van der Waals surface area contributed by atoms with Gasteiger partial charge in [-0.3, -0.25) is 0 Å². The van der Waals surface area contributed by atoms with Crippen molar-refractivity contribution < 1.29 is 14.6 Å². The molecule has 0 saturated carbocycles. The molecule has 0 aromatic heterocycles. The van der Waals surface area contributed by atoms with Gasteiger partial charge in [-0.25, -0.2) is 0 Å². The Balaban J connectivity index is 2.37. The van der Waals surface area contributed by atoms with Crippen LogP contribution < -0.4 is 0 Å². The highest BCUT2D eigenvalue weighted by atomic mass is 16.7. The molecule has 0 aromatic carbocycles. The van der Waals surface area contributed by atoms with Gasteiger partial charge in [0.15, 0.2) is 6.29 Å². The predicted molar refractivity (Wildman–Crippen MR) is 41.2 cm³/mol. The molecule has 0 amide bonds. The first-order chi connectivity index (χ1) is 4.99. The van der Waals surface area contributed by atoms with Crippen molar-refractivity contribution in [1.82, 2.24) is 0 Å². The second kappa shape index (κ2) is 3.09. The fourth-order valence-electron chi connectivity index (χ4n) is 1.01. The highest BCUT2D eigenvalue weighted by molar-refractivity contribution is 4.71. The van der Waals surface area contributed by atoms with Crippen LogP contribution in [0.15, 0.2) is 0 Å². The standard InChI is InChI=1S/C8H16O3/c1-8(2,3)11-7-6(9)4-5-10-7/h6-7,9H,4-5H2,1-3H3. The number of hydrogen-bond acceptors (Lipinski definition) is 3. The Hall–Kier alpha value is -0.120. The predicted octanol–water partition coefficient (Wildman–Crippen LogP) is 0.909. The molecule has 3 nitrogen and oxygen atoms in total. The lowest BCUT2D eigenvalue weighted by atomic mass is 10.2. The van der Waals surface area contributed by atoms with E-state index < -0.39 is 12.4 Å². The van der Waals surface area contributed by atoms with Crippen LogP contribution in [0.3, 0.4) is 0 Å². The Kier molecular flexibility index (Phi) is 2.52. The number of ether oxygens (including phenoxy) is 2. The van der Waals surface area contributed by atoms with Crippen molar-refractivity contribution in [1.29, 1.82) is 0 Å². The highest BCUT2D eigenvalue weighted by Gasteiger charge is 2.30. The van der Waals surface area contributed by atoms with E-state index in [1.54, 1.807) is 0 Å². The van der Waals surface area contributed by atoms with Crippen LogP contribution in [0.5, 0.6) is 0 Å². The van der Waals surface area contributed by atoms with Crippen molar-refractivity contribution in [3.63, 3.8) is 0 Å². The van der Waals surface area contributed by atoms with Crippen LogP contribution >= 0.6 is 0 Å². The van der Waals surface area contributed by atoms with Gasteiger partial charge in [0.2, 0.25) is 0 Å². The molecule has 1 N–H and O–H groups in total. The molecule has 0 aliphatic carbocycles. The van der Waals surface area contributed by atoms with E-state index in [0.29, 0.717) is 13.0 Å². The van der Waals surface area contributed by atoms with Gasteiger partial charge in [0.05, 0.1) is 12.2 Å². The number of aliphatic hydroxyl groups excluding tert-OH is 1. The van der Waals surface area contributed by atoms with Crippen LogP contribution in [0, 0.1) is 0 Å². The minimum atomic E-state index is -0.450. The van der Waals surface area contributed by atoms with E-state index in [0.717, 1.165) is 0 Å². The van der Waals surface area contributed by atoms with E-state index in [1.165, 1.54) is 0 Å². The summed E-state index contributed by atoms with van der Waals surface area (Å²) in [4.78, 5) is 0. The zero-order valence-electron chi connectivity index (χ0n) is 7.33. The zero-order chi connectivity index (χ0) is 8.48. The summed E-state index contributed by atoms with van der Waals surface area (Å²) >= 11 is 0. The van der Waals surface area contributed by atoms with Crippen molar-refractivity contribution in [3.8, 4) is 0 Å². The molecule has 2 unspecified atom stereocenters. The molecule has 3 heteroatoms. The van der Waals surface area contributed by atoms with Crippen molar-refractivity contribution >= 4 is 0 Å². The van der Waals surface area contributed by atoms with Gasteiger partial charge in [-0.05, 0) is 20.8 Å². The lowest BCUT2D eigenvalue weighted by Crippen LogP contribution is -2.33. The van der Waals surface area contributed by atoms with Crippen LogP contribution in [0.2, 0.25) is 0 Å². The zero-order valence-corrected chi connectivity index (χ0v) is 7.33. The van der Waals surface area contributed by atoms with Gasteiger partial charge >= 0.3 is 0 Å². The molecule has 1 fully saturated rings. The van der Waals surface area contributed by atoms with E-state index in [4.69, 9.17) is 9.47 Å². The van der Waals surface area contributed by atoms with Crippen LogP contribution in [0.25, 0.3) is 0 Å². The number of aliphatic hydroxyl groups is 1. The molecule has 1 rings (SSSR count). The van der Waals surface area contributed by atoms with Crippen LogP contribution in [-0.2, 0) is 9.47 Å². The number of rotatable bonds is 1. The second-order valence-electron chi connectivity index (χ2n) is 3.83. The van der Waals surface area contributed by atoms with Crippen molar-refractivity contribution in [2.24, 2.45) is 0 Å². The van der Waals surface area contributed by atoms with E-state index in [9.17, 15) is 5.11 Å². The van der Waals surface area contributed by atoms with Gasteiger partial charge in [-0.15, -0.1) is 0 Å². The first-order valence-corrected chi connectivity index (χ1v) is 3.96. The van der Waals surface area contributed by atoms with E-state index >= 15 is 0 Å². The van der Waals surface area contributed by atoms with E-state index in [1.807, 2.05) is 20.8 Å². The molecule has 11 heavy (non-hydrogen) atoms. The molecule has 1 aliphatic heterocycles. The molecule has 66 valence electrons. The third kappa shape index (κ3) is 2.77. The Bertz CT molecular complexity index is 128. The topological polar surface area (TPSA) is 38.7 Å². The molecular formula is C8H16O3. The smallest absolute Gasteiger partial charge is 0.184 e. The molecule has 0 spiro atoms. The van der Waals surface area contributed by atoms with Crippen molar-refractivity contribution in [2.45, 2.75) is 45.2 Å². The number of hydrogen-bond donors (Lipinski definition) is 1. The molecule has 0 aromatic rings. The summed E-state index contributed by atoms with van der Waals surface area (Å²) in [7, 11) is 0. The lowest BCUT2D eigenvalue weighted by Gasteiger charge is -2.25. The average molecular weight is 160 g/mol. The molecule has 1 aliphatic rings. The van der Waals surface area contributed by atoms with Gasteiger partial charge in [-0.1, -0.05) is 0 Å². The van der Waals surface area contributed by atoms with Gasteiger partial charge < -0.3 is 14.6 Å². The van der Waals surface area contributed by atoms with Crippen LogP contribution in [0.1, 0.15) is 27.2 Å². The molecular weight excluding hydrogens is 144 g/mol. The first-order valence-electron chi connectivity index (χ1n) is 3.96. The summed E-state index contributed by atoms with van der Waals surface area (Å²) < 4.78 is 10.6. The highest BCUT2D eigenvalue weighted by Crippen LogP contribution is 2.20. The minimum Gasteiger partial charge on any atom is -0.388 e. The third-order valence-corrected chi connectivity index (χ3v) is 1.48. The maximum Gasteiger partial charge on any atom is 0.184 e. The molecule has 0 bridgehead atoms. The van der Waals surface area contributed by atoms with Crippen molar-refractivity contribution in [3.05, 3.63) is 0 Å².